The summed E-state index contributed by atoms with van der Waals surface area (Å²) in [4.78, 5) is 24.7. The number of benzene rings is 1. The van der Waals surface area contributed by atoms with Crippen molar-refractivity contribution in [1.29, 1.82) is 0 Å². The molecule has 1 aromatic carbocycles. The van der Waals surface area contributed by atoms with Crippen LogP contribution in [-0.4, -0.2) is 17.9 Å². The van der Waals surface area contributed by atoms with Crippen LogP contribution in [0.2, 0.25) is 0 Å². The summed E-state index contributed by atoms with van der Waals surface area (Å²) >= 11 is 0. The third-order valence-electron chi connectivity index (χ3n) is 5.12. The van der Waals surface area contributed by atoms with Crippen LogP contribution >= 0.6 is 0 Å². The normalized spacial score (nSPS) is 24.1. The van der Waals surface area contributed by atoms with Crippen molar-refractivity contribution in [2.24, 2.45) is 11.8 Å². The Labute approximate surface area is 142 Å². The van der Waals surface area contributed by atoms with Crippen LogP contribution in [0.15, 0.2) is 18.2 Å². The SMILES string of the molecule is C[C@H]1C[C@H]1C(=O)Nc1ccc(F)cc1C(=O)NC1CCCCCC1. The molecule has 130 valence electrons. The van der Waals surface area contributed by atoms with Crippen LogP contribution in [0.25, 0.3) is 0 Å². The lowest BCUT2D eigenvalue weighted by Crippen LogP contribution is -2.35. The zero-order chi connectivity index (χ0) is 17.1. The molecular weight excluding hydrogens is 307 g/mol. The van der Waals surface area contributed by atoms with E-state index in [1.165, 1.54) is 31.0 Å². The maximum atomic E-state index is 13.6. The number of hydrogen-bond acceptors (Lipinski definition) is 2. The number of rotatable bonds is 4. The first-order valence-electron chi connectivity index (χ1n) is 8.96. The summed E-state index contributed by atoms with van der Waals surface area (Å²) in [6, 6.07) is 4.09. The summed E-state index contributed by atoms with van der Waals surface area (Å²) in [6.07, 6.45) is 7.41. The largest absolute Gasteiger partial charge is 0.349 e. The standard InChI is InChI=1S/C19H25FN2O2/c1-12-10-15(12)18(23)22-17-9-8-13(20)11-16(17)19(24)21-14-6-4-2-3-5-7-14/h8-9,11-12,14-15H,2-7,10H2,1H3,(H,21,24)(H,22,23)/t12-,15+/m0/s1. The Hall–Kier alpha value is -1.91. The van der Waals surface area contributed by atoms with Crippen LogP contribution in [0.4, 0.5) is 10.1 Å². The minimum atomic E-state index is -0.473. The second-order valence-electron chi connectivity index (χ2n) is 7.16. The number of carbonyl (C=O) groups excluding carboxylic acids is 2. The first kappa shape index (κ1) is 16.9. The first-order valence-corrected chi connectivity index (χ1v) is 8.96. The molecule has 0 bridgehead atoms. The topological polar surface area (TPSA) is 58.2 Å². The molecule has 0 heterocycles. The van der Waals surface area contributed by atoms with Crippen LogP contribution in [0.5, 0.6) is 0 Å². The molecule has 0 aromatic heterocycles. The van der Waals surface area contributed by atoms with E-state index in [1.807, 2.05) is 6.92 Å². The van der Waals surface area contributed by atoms with E-state index >= 15 is 0 Å². The van der Waals surface area contributed by atoms with Crippen LogP contribution in [-0.2, 0) is 4.79 Å². The predicted molar refractivity (Wildman–Crippen MR) is 91.3 cm³/mol. The van der Waals surface area contributed by atoms with E-state index in [2.05, 4.69) is 10.6 Å². The molecule has 0 aliphatic heterocycles. The van der Waals surface area contributed by atoms with Gasteiger partial charge in [0.15, 0.2) is 0 Å². The average molecular weight is 332 g/mol. The van der Waals surface area contributed by atoms with Crippen molar-refractivity contribution in [2.75, 3.05) is 5.32 Å². The Balaban J connectivity index is 1.71. The summed E-state index contributed by atoms with van der Waals surface area (Å²) in [6.45, 7) is 2.02. The van der Waals surface area contributed by atoms with E-state index in [0.29, 0.717) is 11.6 Å². The van der Waals surface area contributed by atoms with Gasteiger partial charge in [-0.3, -0.25) is 9.59 Å². The Morgan fingerprint density at radius 1 is 1.12 bits per heavy atom. The van der Waals surface area contributed by atoms with Crippen molar-refractivity contribution in [3.63, 3.8) is 0 Å². The quantitative estimate of drug-likeness (QED) is 0.822. The Morgan fingerprint density at radius 2 is 1.79 bits per heavy atom. The van der Waals surface area contributed by atoms with Crippen molar-refractivity contribution in [3.05, 3.63) is 29.6 Å². The van der Waals surface area contributed by atoms with Gasteiger partial charge in [0.25, 0.3) is 5.91 Å². The zero-order valence-electron chi connectivity index (χ0n) is 14.1. The lowest BCUT2D eigenvalue weighted by atomic mass is 10.1. The molecule has 1 aromatic rings. The molecule has 2 atom stereocenters. The second kappa shape index (κ2) is 7.32. The molecule has 4 nitrogen and oxygen atoms in total. The van der Waals surface area contributed by atoms with Gasteiger partial charge in [0.05, 0.1) is 11.3 Å². The Bertz CT molecular complexity index is 624. The molecule has 2 fully saturated rings. The number of anilines is 1. The highest BCUT2D eigenvalue weighted by Gasteiger charge is 2.39. The summed E-state index contributed by atoms with van der Waals surface area (Å²) < 4.78 is 13.6. The molecule has 2 N–H and O–H groups in total. The Morgan fingerprint density at radius 3 is 2.42 bits per heavy atom. The van der Waals surface area contributed by atoms with Crippen molar-refractivity contribution >= 4 is 17.5 Å². The molecule has 5 heteroatoms. The molecule has 3 rings (SSSR count). The van der Waals surface area contributed by atoms with Gasteiger partial charge in [-0.1, -0.05) is 32.6 Å². The van der Waals surface area contributed by atoms with Crippen molar-refractivity contribution in [1.82, 2.24) is 5.32 Å². The van der Waals surface area contributed by atoms with E-state index in [0.717, 1.165) is 32.1 Å². The fourth-order valence-electron chi connectivity index (χ4n) is 3.41. The van der Waals surface area contributed by atoms with E-state index in [4.69, 9.17) is 0 Å². The van der Waals surface area contributed by atoms with Gasteiger partial charge in [-0.2, -0.15) is 0 Å². The molecule has 0 unspecified atom stereocenters. The molecule has 0 saturated heterocycles. The monoisotopic (exact) mass is 332 g/mol. The number of halogens is 1. The highest BCUT2D eigenvalue weighted by atomic mass is 19.1. The average Bonchev–Trinajstić information content (AvgIpc) is 3.32. The van der Waals surface area contributed by atoms with Crippen LogP contribution in [0.3, 0.4) is 0 Å². The summed E-state index contributed by atoms with van der Waals surface area (Å²) in [5, 5.41) is 5.81. The lowest BCUT2D eigenvalue weighted by molar-refractivity contribution is -0.117. The van der Waals surface area contributed by atoms with Crippen molar-refractivity contribution in [3.8, 4) is 0 Å². The van der Waals surface area contributed by atoms with E-state index in [9.17, 15) is 14.0 Å². The molecule has 2 aliphatic rings. The number of hydrogen-bond donors (Lipinski definition) is 2. The highest BCUT2D eigenvalue weighted by molar-refractivity contribution is 6.04. The van der Waals surface area contributed by atoms with Crippen molar-refractivity contribution in [2.45, 2.75) is 57.9 Å². The molecule has 24 heavy (non-hydrogen) atoms. The van der Waals surface area contributed by atoms with Crippen LogP contribution in [0.1, 0.15) is 62.2 Å². The molecule has 0 spiro atoms. The van der Waals surface area contributed by atoms with Gasteiger partial charge in [-0.15, -0.1) is 0 Å². The van der Waals surface area contributed by atoms with Crippen LogP contribution in [0, 0.1) is 17.7 Å². The van der Waals surface area contributed by atoms with Gasteiger partial charge in [0, 0.05) is 12.0 Å². The molecular formula is C19H25FN2O2. The highest BCUT2D eigenvalue weighted by Crippen LogP contribution is 2.38. The van der Waals surface area contributed by atoms with Crippen LogP contribution < -0.4 is 10.6 Å². The van der Waals surface area contributed by atoms with Crippen molar-refractivity contribution < 1.29 is 14.0 Å². The third-order valence-corrected chi connectivity index (χ3v) is 5.12. The summed E-state index contributed by atoms with van der Waals surface area (Å²) in [7, 11) is 0. The number of amides is 2. The van der Waals surface area contributed by atoms with E-state index in [1.54, 1.807) is 0 Å². The zero-order valence-corrected chi connectivity index (χ0v) is 14.1. The number of nitrogens with one attached hydrogen (secondary N) is 2. The maximum Gasteiger partial charge on any atom is 0.253 e. The Kier molecular flexibility index (Phi) is 5.17. The first-order chi connectivity index (χ1) is 11.5. The summed E-state index contributed by atoms with van der Waals surface area (Å²) in [5.74, 6) is -0.474. The van der Waals surface area contributed by atoms with Gasteiger partial charge >= 0.3 is 0 Å². The second-order valence-corrected chi connectivity index (χ2v) is 7.16. The van der Waals surface area contributed by atoms with Gasteiger partial charge in [-0.25, -0.2) is 4.39 Å². The predicted octanol–water partition coefficient (Wildman–Crippen LogP) is 3.87. The minimum absolute atomic E-state index is 0.00724. The lowest BCUT2D eigenvalue weighted by Gasteiger charge is -2.18. The minimum Gasteiger partial charge on any atom is -0.349 e. The fourth-order valence-corrected chi connectivity index (χ4v) is 3.41. The molecule has 2 saturated carbocycles. The van der Waals surface area contributed by atoms with E-state index < -0.39 is 5.82 Å². The van der Waals surface area contributed by atoms with Gasteiger partial charge in [0.1, 0.15) is 5.82 Å². The summed E-state index contributed by atoms with van der Waals surface area (Å²) in [5.41, 5.74) is 0.604. The van der Waals surface area contributed by atoms with Gasteiger partial charge in [-0.05, 0) is 43.4 Å². The molecule has 0 radical (unpaired) electrons. The fraction of sp³-hybridized carbons (Fsp3) is 0.579. The molecule has 2 amide bonds. The van der Waals surface area contributed by atoms with Gasteiger partial charge < -0.3 is 10.6 Å². The number of carbonyl (C=O) groups is 2. The maximum absolute atomic E-state index is 13.6. The smallest absolute Gasteiger partial charge is 0.253 e. The van der Waals surface area contributed by atoms with Gasteiger partial charge in [0.2, 0.25) is 5.91 Å². The third kappa shape index (κ3) is 4.13. The molecule has 2 aliphatic carbocycles. The van der Waals surface area contributed by atoms with E-state index in [-0.39, 0.29) is 29.3 Å².